The van der Waals surface area contributed by atoms with Crippen LogP contribution in [0.2, 0.25) is 0 Å². The average Bonchev–Trinajstić information content (AvgIpc) is 2.96. The second kappa shape index (κ2) is 7.86. The van der Waals surface area contributed by atoms with E-state index >= 15 is 0 Å². The van der Waals surface area contributed by atoms with E-state index in [-0.39, 0.29) is 30.7 Å². The summed E-state index contributed by atoms with van der Waals surface area (Å²) in [6.07, 6.45) is 0. The maximum atomic E-state index is 12.6. The van der Waals surface area contributed by atoms with Crippen molar-refractivity contribution in [3.05, 3.63) is 59.2 Å². The number of aliphatic carboxylic acids is 1. The van der Waals surface area contributed by atoms with Crippen LogP contribution in [0.4, 0.5) is 5.69 Å². The molecule has 3 rings (SSSR count). The molecule has 0 saturated carbocycles. The number of ether oxygens (including phenoxy) is 1. The van der Waals surface area contributed by atoms with Gasteiger partial charge in [0, 0.05) is 17.7 Å². The molecule has 1 aliphatic rings. The van der Waals surface area contributed by atoms with Crippen molar-refractivity contribution in [3.8, 4) is 5.75 Å². The predicted octanol–water partition coefficient (Wildman–Crippen LogP) is 1.67. The van der Waals surface area contributed by atoms with Crippen LogP contribution in [0.15, 0.2) is 47.5 Å². The van der Waals surface area contributed by atoms with Crippen molar-refractivity contribution in [1.29, 1.82) is 0 Å². The molecule has 1 heterocycles. The number of amides is 1. The number of rotatable bonds is 7. The third-order valence-electron chi connectivity index (χ3n) is 4.62. The standard InChI is InChI=1S/C21H22N4O5/c1-21(2,19(28)29)30-15-6-3-12(4-7-15)17(26)11-25-10-13-9-14(24-20(22)23)5-8-16(13)18(25)27/h3-9H,10-11H2,1-2H3,(H,28,29)(H4,22,23,24). The molecular weight excluding hydrogens is 388 g/mol. The smallest absolute Gasteiger partial charge is 0.347 e. The SMILES string of the molecule is CC(C)(Oc1ccc(C(=O)CN2Cc3cc(N=C(N)N)ccc3C2=O)cc1)C(=O)O. The minimum atomic E-state index is -1.39. The molecule has 9 nitrogen and oxygen atoms in total. The monoisotopic (exact) mass is 410 g/mol. The van der Waals surface area contributed by atoms with Gasteiger partial charge in [-0.3, -0.25) is 9.59 Å². The summed E-state index contributed by atoms with van der Waals surface area (Å²) in [5, 5.41) is 9.13. The van der Waals surface area contributed by atoms with Gasteiger partial charge in [0.05, 0.1) is 12.2 Å². The number of fused-ring (bicyclic) bond motifs is 1. The topological polar surface area (TPSA) is 148 Å². The number of carboxylic acids is 1. The molecule has 0 aromatic heterocycles. The first-order chi connectivity index (χ1) is 14.1. The van der Waals surface area contributed by atoms with E-state index in [4.69, 9.17) is 21.3 Å². The highest BCUT2D eigenvalue weighted by molar-refractivity contribution is 6.04. The van der Waals surface area contributed by atoms with E-state index in [0.717, 1.165) is 5.56 Å². The first-order valence-corrected chi connectivity index (χ1v) is 9.14. The zero-order valence-electron chi connectivity index (χ0n) is 16.6. The van der Waals surface area contributed by atoms with Crippen LogP contribution in [0.5, 0.6) is 5.75 Å². The second-order valence-electron chi connectivity index (χ2n) is 7.40. The Balaban J connectivity index is 1.68. The lowest BCUT2D eigenvalue weighted by Crippen LogP contribution is -2.37. The molecule has 5 N–H and O–H groups in total. The van der Waals surface area contributed by atoms with Gasteiger partial charge in [0.1, 0.15) is 5.75 Å². The molecule has 156 valence electrons. The van der Waals surface area contributed by atoms with Crippen molar-refractivity contribution < 1.29 is 24.2 Å². The summed E-state index contributed by atoms with van der Waals surface area (Å²) in [5.41, 5.74) is 11.6. The van der Waals surface area contributed by atoms with Gasteiger partial charge >= 0.3 is 5.97 Å². The van der Waals surface area contributed by atoms with Crippen LogP contribution in [-0.2, 0) is 11.3 Å². The summed E-state index contributed by atoms with van der Waals surface area (Å²) in [7, 11) is 0. The molecule has 0 fully saturated rings. The van der Waals surface area contributed by atoms with Gasteiger partial charge in [0.25, 0.3) is 5.91 Å². The quantitative estimate of drug-likeness (QED) is 0.357. The Morgan fingerprint density at radius 2 is 1.83 bits per heavy atom. The molecule has 2 aromatic carbocycles. The Labute approximate surface area is 172 Å². The molecule has 0 unspecified atom stereocenters. The molecule has 1 aliphatic heterocycles. The summed E-state index contributed by atoms with van der Waals surface area (Å²) in [6.45, 7) is 3.06. The number of nitrogens with two attached hydrogens (primary N) is 2. The molecule has 0 bridgehead atoms. The van der Waals surface area contributed by atoms with Crippen LogP contribution < -0.4 is 16.2 Å². The van der Waals surface area contributed by atoms with Gasteiger partial charge in [0.15, 0.2) is 17.3 Å². The number of hydrogen-bond acceptors (Lipinski definition) is 5. The molecule has 2 aromatic rings. The lowest BCUT2D eigenvalue weighted by molar-refractivity contribution is -0.152. The maximum absolute atomic E-state index is 12.6. The molecule has 0 aliphatic carbocycles. The number of carbonyl (C=O) groups is 3. The van der Waals surface area contributed by atoms with Gasteiger partial charge in [-0.05, 0) is 61.9 Å². The van der Waals surface area contributed by atoms with Crippen LogP contribution in [0.25, 0.3) is 0 Å². The fourth-order valence-electron chi connectivity index (χ4n) is 3.03. The summed E-state index contributed by atoms with van der Waals surface area (Å²) < 4.78 is 5.43. The van der Waals surface area contributed by atoms with Crippen molar-refractivity contribution in [1.82, 2.24) is 4.90 Å². The predicted molar refractivity (Wildman–Crippen MR) is 110 cm³/mol. The number of ketones is 1. The van der Waals surface area contributed by atoms with Crippen molar-refractivity contribution in [2.75, 3.05) is 6.54 Å². The molecule has 0 atom stereocenters. The highest BCUT2D eigenvalue weighted by Crippen LogP contribution is 2.27. The number of guanidine groups is 1. The van der Waals surface area contributed by atoms with Crippen molar-refractivity contribution in [3.63, 3.8) is 0 Å². The lowest BCUT2D eigenvalue weighted by atomic mass is 10.1. The van der Waals surface area contributed by atoms with Gasteiger partial charge in [-0.2, -0.15) is 0 Å². The third kappa shape index (κ3) is 4.40. The number of nitrogens with zero attached hydrogens (tertiary/aromatic N) is 2. The van der Waals surface area contributed by atoms with Crippen LogP contribution >= 0.6 is 0 Å². The first kappa shape index (κ1) is 20.8. The third-order valence-corrected chi connectivity index (χ3v) is 4.62. The summed E-state index contributed by atoms with van der Waals surface area (Å²) in [6, 6.07) is 11.1. The number of carbonyl (C=O) groups excluding carboxylic acids is 2. The minimum absolute atomic E-state index is 0.0783. The molecule has 0 radical (unpaired) electrons. The molecule has 0 spiro atoms. The Bertz CT molecular complexity index is 1040. The van der Waals surface area contributed by atoms with E-state index in [1.807, 2.05) is 0 Å². The number of Topliss-reactive ketones (excluding diaryl/α,β-unsaturated/α-hetero) is 1. The second-order valence-corrected chi connectivity index (χ2v) is 7.40. The summed E-state index contributed by atoms with van der Waals surface area (Å²) >= 11 is 0. The van der Waals surface area contributed by atoms with Crippen LogP contribution in [-0.4, -0.2) is 45.8 Å². The average molecular weight is 410 g/mol. The summed E-state index contributed by atoms with van der Waals surface area (Å²) in [4.78, 5) is 41.8. The summed E-state index contributed by atoms with van der Waals surface area (Å²) in [5.74, 6) is -1.33. The van der Waals surface area contributed by atoms with E-state index in [9.17, 15) is 14.4 Å². The molecule has 30 heavy (non-hydrogen) atoms. The number of hydrogen-bond donors (Lipinski definition) is 3. The number of carboxylic acid groups (broad SMARTS) is 1. The maximum Gasteiger partial charge on any atom is 0.347 e. The first-order valence-electron chi connectivity index (χ1n) is 9.14. The largest absolute Gasteiger partial charge is 0.478 e. The fourth-order valence-corrected chi connectivity index (χ4v) is 3.03. The zero-order chi connectivity index (χ0) is 22.1. The molecular formula is C21H22N4O5. The Kier molecular flexibility index (Phi) is 5.46. The van der Waals surface area contributed by atoms with E-state index in [0.29, 0.717) is 22.6 Å². The van der Waals surface area contributed by atoms with Crippen molar-refractivity contribution in [2.45, 2.75) is 26.0 Å². The van der Waals surface area contributed by atoms with Crippen molar-refractivity contribution >= 4 is 29.3 Å². The molecule has 0 saturated heterocycles. The van der Waals surface area contributed by atoms with E-state index in [1.165, 1.54) is 30.9 Å². The fraction of sp³-hybridized carbons (Fsp3) is 0.238. The number of benzene rings is 2. The van der Waals surface area contributed by atoms with Crippen LogP contribution in [0.3, 0.4) is 0 Å². The normalized spacial score (nSPS) is 13.0. The van der Waals surface area contributed by atoms with E-state index < -0.39 is 11.6 Å². The van der Waals surface area contributed by atoms with Gasteiger partial charge in [-0.1, -0.05) is 0 Å². The molecule has 1 amide bonds. The molecule has 9 heteroatoms. The van der Waals surface area contributed by atoms with Gasteiger partial charge < -0.3 is 26.2 Å². The van der Waals surface area contributed by atoms with Gasteiger partial charge in [-0.15, -0.1) is 0 Å². The van der Waals surface area contributed by atoms with Gasteiger partial charge in [0.2, 0.25) is 0 Å². The lowest BCUT2D eigenvalue weighted by Gasteiger charge is -2.21. The Hall–Kier alpha value is -3.88. The van der Waals surface area contributed by atoms with Gasteiger partial charge in [-0.25, -0.2) is 9.79 Å². The zero-order valence-corrected chi connectivity index (χ0v) is 16.6. The number of aliphatic imine (C=N–C) groups is 1. The highest BCUT2D eigenvalue weighted by Gasteiger charge is 2.30. The highest BCUT2D eigenvalue weighted by atomic mass is 16.5. The Morgan fingerprint density at radius 3 is 2.43 bits per heavy atom. The van der Waals surface area contributed by atoms with E-state index in [1.54, 1.807) is 30.3 Å². The van der Waals surface area contributed by atoms with Crippen LogP contribution in [0.1, 0.15) is 40.1 Å². The van der Waals surface area contributed by atoms with E-state index in [2.05, 4.69) is 4.99 Å². The Morgan fingerprint density at radius 1 is 1.17 bits per heavy atom. The minimum Gasteiger partial charge on any atom is -0.478 e. The van der Waals surface area contributed by atoms with Crippen LogP contribution in [0, 0.1) is 0 Å². The van der Waals surface area contributed by atoms with Crippen molar-refractivity contribution in [2.24, 2.45) is 16.5 Å².